The predicted molar refractivity (Wildman–Crippen MR) is 80.1 cm³/mol. The molecule has 2 rings (SSSR count). The van der Waals surface area contributed by atoms with Crippen molar-refractivity contribution in [2.24, 2.45) is 0 Å². The van der Waals surface area contributed by atoms with Crippen molar-refractivity contribution in [2.45, 2.75) is 19.1 Å². The van der Waals surface area contributed by atoms with E-state index in [2.05, 4.69) is 5.10 Å². The SMILES string of the molecule is COC(=O)C(c1cccc(OC)c1)n1nc(C(F)(F)F)c(Cl)c1C. The molecule has 0 aliphatic carbocycles. The van der Waals surface area contributed by atoms with E-state index in [1.807, 2.05) is 0 Å². The smallest absolute Gasteiger partial charge is 0.436 e. The van der Waals surface area contributed by atoms with E-state index in [4.69, 9.17) is 21.1 Å². The highest BCUT2D eigenvalue weighted by Crippen LogP contribution is 2.37. The highest BCUT2D eigenvalue weighted by molar-refractivity contribution is 6.32. The zero-order valence-corrected chi connectivity index (χ0v) is 13.8. The predicted octanol–water partition coefficient (Wildman–Crippen LogP) is 3.63. The molecule has 1 unspecified atom stereocenters. The Labute approximate surface area is 140 Å². The Morgan fingerprint density at radius 1 is 1.33 bits per heavy atom. The molecule has 0 bridgehead atoms. The van der Waals surface area contributed by atoms with Gasteiger partial charge in [-0.05, 0) is 24.6 Å². The molecule has 0 saturated carbocycles. The van der Waals surface area contributed by atoms with Crippen LogP contribution in [0.4, 0.5) is 13.2 Å². The average molecular weight is 363 g/mol. The minimum atomic E-state index is -4.73. The first-order valence-corrected chi connectivity index (χ1v) is 7.12. The van der Waals surface area contributed by atoms with Crippen molar-refractivity contribution >= 4 is 17.6 Å². The Balaban J connectivity index is 2.64. The van der Waals surface area contributed by atoms with Gasteiger partial charge in [-0.3, -0.25) is 0 Å². The average Bonchev–Trinajstić information content (AvgIpc) is 2.84. The van der Waals surface area contributed by atoms with Crippen molar-refractivity contribution < 1.29 is 27.4 Å². The van der Waals surface area contributed by atoms with Gasteiger partial charge in [-0.15, -0.1) is 0 Å². The third-order valence-corrected chi connectivity index (χ3v) is 3.88. The van der Waals surface area contributed by atoms with E-state index in [0.717, 1.165) is 11.8 Å². The van der Waals surface area contributed by atoms with Gasteiger partial charge in [0, 0.05) is 0 Å². The first kappa shape index (κ1) is 18.1. The number of esters is 1. The number of benzene rings is 1. The first-order chi connectivity index (χ1) is 11.2. The van der Waals surface area contributed by atoms with Gasteiger partial charge in [-0.1, -0.05) is 23.7 Å². The van der Waals surface area contributed by atoms with Crippen molar-refractivity contribution in [1.29, 1.82) is 0 Å². The van der Waals surface area contributed by atoms with Crippen LogP contribution in [0.25, 0.3) is 0 Å². The summed E-state index contributed by atoms with van der Waals surface area (Å²) in [6, 6.07) is 5.10. The zero-order valence-electron chi connectivity index (χ0n) is 13.0. The van der Waals surface area contributed by atoms with Crippen molar-refractivity contribution in [3.8, 4) is 5.75 Å². The van der Waals surface area contributed by atoms with Crippen LogP contribution >= 0.6 is 11.6 Å². The number of carbonyl (C=O) groups excluding carboxylic acids is 1. The number of hydrogen-bond acceptors (Lipinski definition) is 4. The number of nitrogens with zero attached hydrogens (tertiary/aromatic N) is 2. The molecule has 24 heavy (non-hydrogen) atoms. The van der Waals surface area contributed by atoms with Gasteiger partial charge in [-0.25, -0.2) is 9.48 Å². The van der Waals surface area contributed by atoms with Gasteiger partial charge in [0.15, 0.2) is 11.7 Å². The second-order valence-electron chi connectivity index (χ2n) is 4.89. The lowest BCUT2D eigenvalue weighted by molar-refractivity contribution is -0.145. The summed E-state index contributed by atoms with van der Waals surface area (Å²) < 4.78 is 49.7. The van der Waals surface area contributed by atoms with Gasteiger partial charge in [0.2, 0.25) is 0 Å². The molecule has 9 heteroatoms. The number of hydrogen-bond donors (Lipinski definition) is 0. The van der Waals surface area contributed by atoms with Crippen molar-refractivity contribution in [1.82, 2.24) is 9.78 Å². The van der Waals surface area contributed by atoms with Crippen LogP contribution in [0, 0.1) is 6.92 Å². The molecule has 0 spiro atoms. The van der Waals surface area contributed by atoms with Crippen LogP contribution in [0.3, 0.4) is 0 Å². The van der Waals surface area contributed by atoms with Crippen LogP contribution in [0.5, 0.6) is 5.75 Å². The van der Waals surface area contributed by atoms with Crippen LogP contribution < -0.4 is 4.74 Å². The summed E-state index contributed by atoms with van der Waals surface area (Å²) in [5.74, 6) is -0.340. The number of aromatic nitrogens is 2. The van der Waals surface area contributed by atoms with Crippen molar-refractivity contribution in [2.75, 3.05) is 14.2 Å². The van der Waals surface area contributed by atoms with Gasteiger partial charge in [0.1, 0.15) is 5.75 Å². The van der Waals surface area contributed by atoms with Crippen LogP contribution in [0.1, 0.15) is 23.0 Å². The molecular weight excluding hydrogens is 349 g/mol. The van der Waals surface area contributed by atoms with Crippen LogP contribution in [0.15, 0.2) is 24.3 Å². The molecule has 0 aliphatic rings. The Morgan fingerprint density at radius 3 is 2.50 bits per heavy atom. The maximum absolute atomic E-state index is 13.0. The summed E-state index contributed by atoms with van der Waals surface area (Å²) >= 11 is 5.76. The van der Waals surface area contributed by atoms with E-state index in [1.54, 1.807) is 18.2 Å². The highest BCUT2D eigenvalue weighted by atomic mass is 35.5. The summed E-state index contributed by atoms with van der Waals surface area (Å²) in [6.07, 6.45) is -4.73. The molecule has 0 saturated heterocycles. The van der Waals surface area contributed by atoms with Crippen molar-refractivity contribution in [3.63, 3.8) is 0 Å². The van der Waals surface area contributed by atoms with Crippen LogP contribution in [-0.2, 0) is 15.7 Å². The third kappa shape index (κ3) is 3.33. The van der Waals surface area contributed by atoms with E-state index in [0.29, 0.717) is 11.3 Å². The fourth-order valence-electron chi connectivity index (χ4n) is 2.23. The Morgan fingerprint density at radius 2 is 2.00 bits per heavy atom. The maximum Gasteiger partial charge on any atom is 0.436 e. The Hall–Kier alpha value is -2.22. The normalized spacial score (nSPS) is 12.8. The summed E-state index contributed by atoms with van der Waals surface area (Å²) in [7, 11) is 2.57. The van der Waals surface area contributed by atoms with Gasteiger partial charge in [0.25, 0.3) is 0 Å². The Bertz CT molecular complexity index is 759. The summed E-state index contributed by atoms with van der Waals surface area (Å²) in [4.78, 5) is 12.2. The minimum Gasteiger partial charge on any atom is -0.497 e. The number of alkyl halides is 3. The molecule has 1 aromatic carbocycles. The fraction of sp³-hybridized carbons (Fsp3) is 0.333. The van der Waals surface area contributed by atoms with E-state index in [9.17, 15) is 18.0 Å². The summed E-state index contributed by atoms with van der Waals surface area (Å²) in [5.41, 5.74) is -0.891. The molecular formula is C15H14ClF3N2O3. The van der Waals surface area contributed by atoms with Gasteiger partial charge in [-0.2, -0.15) is 18.3 Å². The molecule has 0 aliphatic heterocycles. The lowest BCUT2D eigenvalue weighted by Crippen LogP contribution is -2.24. The van der Waals surface area contributed by atoms with Gasteiger partial charge in [0.05, 0.1) is 24.9 Å². The monoisotopic (exact) mass is 362 g/mol. The zero-order chi connectivity index (χ0) is 18.1. The number of carbonyl (C=O) groups is 1. The van der Waals surface area contributed by atoms with E-state index in [-0.39, 0.29) is 5.69 Å². The molecule has 0 fully saturated rings. The highest BCUT2D eigenvalue weighted by Gasteiger charge is 2.40. The lowest BCUT2D eigenvalue weighted by atomic mass is 10.1. The third-order valence-electron chi connectivity index (χ3n) is 3.42. The molecule has 0 radical (unpaired) electrons. The van der Waals surface area contributed by atoms with E-state index in [1.165, 1.54) is 20.1 Å². The largest absolute Gasteiger partial charge is 0.497 e. The second kappa shape index (κ2) is 6.72. The van der Waals surface area contributed by atoms with Gasteiger partial charge >= 0.3 is 12.1 Å². The van der Waals surface area contributed by atoms with Gasteiger partial charge < -0.3 is 9.47 Å². The molecule has 0 amide bonds. The molecule has 1 heterocycles. The lowest BCUT2D eigenvalue weighted by Gasteiger charge is -2.18. The van der Waals surface area contributed by atoms with Crippen molar-refractivity contribution in [3.05, 3.63) is 46.2 Å². The van der Waals surface area contributed by atoms with Crippen LogP contribution in [-0.4, -0.2) is 30.0 Å². The standard InChI is InChI=1S/C15H14ClF3N2O3/c1-8-11(16)13(15(17,18)19)20-21(8)12(14(22)24-3)9-5-4-6-10(7-9)23-2/h4-7,12H,1-3H3. The number of rotatable bonds is 4. The quantitative estimate of drug-likeness (QED) is 0.779. The molecule has 1 aromatic heterocycles. The molecule has 5 nitrogen and oxygen atoms in total. The van der Waals surface area contributed by atoms with E-state index >= 15 is 0 Å². The summed E-state index contributed by atoms with van der Waals surface area (Å²) in [5, 5.41) is 2.94. The first-order valence-electron chi connectivity index (χ1n) is 6.74. The maximum atomic E-state index is 13.0. The minimum absolute atomic E-state index is 0.00205. The number of methoxy groups -OCH3 is 2. The molecule has 1 atom stereocenters. The topological polar surface area (TPSA) is 53.4 Å². The fourth-order valence-corrected chi connectivity index (χ4v) is 2.46. The van der Waals surface area contributed by atoms with E-state index < -0.39 is 28.9 Å². The number of halogens is 4. The van der Waals surface area contributed by atoms with Crippen LogP contribution in [0.2, 0.25) is 5.02 Å². The Kier molecular flexibility index (Phi) is 5.08. The summed E-state index contributed by atoms with van der Waals surface area (Å²) in [6.45, 7) is 1.35. The molecule has 2 aromatic rings. The molecule has 0 N–H and O–H groups in total. The second-order valence-corrected chi connectivity index (χ2v) is 5.27. The number of ether oxygens (including phenoxy) is 2. The molecule has 130 valence electrons.